The standard InChI is InChI=1S/C21H25N3O/c1-16-7-5-10-18(13-16)21-19(15-23-24-21)14-22-20(11-6-12-25)17-8-3-2-4-9-17/h2-5,7-10,13,15,20,22,25H,6,11-12,14H2,1H3,(H,23,24). The first kappa shape index (κ1) is 17.4. The molecule has 130 valence electrons. The molecule has 4 nitrogen and oxygen atoms in total. The third kappa shape index (κ3) is 4.56. The molecule has 0 amide bonds. The predicted octanol–water partition coefficient (Wildman–Crippen LogP) is 3.99. The molecule has 0 radical (unpaired) electrons. The molecular formula is C21H25N3O. The van der Waals surface area contributed by atoms with Gasteiger partial charge >= 0.3 is 0 Å². The first-order chi connectivity index (χ1) is 12.3. The van der Waals surface area contributed by atoms with Crippen LogP contribution in [0, 0.1) is 6.92 Å². The molecule has 3 rings (SSSR count). The average Bonchev–Trinajstić information content (AvgIpc) is 3.11. The lowest BCUT2D eigenvalue weighted by atomic mass is 10.0. The quantitative estimate of drug-likeness (QED) is 0.583. The minimum atomic E-state index is 0.214. The average molecular weight is 335 g/mol. The van der Waals surface area contributed by atoms with Crippen molar-refractivity contribution in [1.82, 2.24) is 15.5 Å². The Morgan fingerprint density at radius 1 is 1.12 bits per heavy atom. The third-order valence-electron chi connectivity index (χ3n) is 4.42. The van der Waals surface area contributed by atoms with Crippen molar-refractivity contribution in [2.75, 3.05) is 6.61 Å². The van der Waals surface area contributed by atoms with Crippen molar-refractivity contribution in [2.24, 2.45) is 0 Å². The molecule has 3 aromatic rings. The number of nitrogens with zero attached hydrogens (tertiary/aromatic N) is 1. The van der Waals surface area contributed by atoms with Gasteiger partial charge in [-0.3, -0.25) is 5.10 Å². The van der Waals surface area contributed by atoms with Gasteiger partial charge in [0.25, 0.3) is 0 Å². The Labute approximate surface area is 148 Å². The molecule has 0 fully saturated rings. The molecule has 25 heavy (non-hydrogen) atoms. The van der Waals surface area contributed by atoms with E-state index in [9.17, 15) is 5.11 Å². The van der Waals surface area contributed by atoms with Crippen LogP contribution in [-0.2, 0) is 6.54 Å². The summed E-state index contributed by atoms with van der Waals surface area (Å²) in [7, 11) is 0. The molecule has 0 spiro atoms. The highest BCUT2D eigenvalue weighted by molar-refractivity contribution is 5.63. The van der Waals surface area contributed by atoms with Gasteiger partial charge in [0.15, 0.2) is 0 Å². The zero-order valence-electron chi connectivity index (χ0n) is 14.6. The lowest BCUT2D eigenvalue weighted by Crippen LogP contribution is -2.21. The minimum absolute atomic E-state index is 0.214. The molecule has 1 aromatic heterocycles. The molecule has 0 aliphatic rings. The SMILES string of the molecule is Cc1cccc(-c2[nH]ncc2CNC(CCCO)c2ccccc2)c1. The van der Waals surface area contributed by atoms with E-state index in [2.05, 4.69) is 71.0 Å². The van der Waals surface area contributed by atoms with Crippen molar-refractivity contribution in [1.29, 1.82) is 0 Å². The molecule has 0 aliphatic heterocycles. The number of benzene rings is 2. The van der Waals surface area contributed by atoms with Gasteiger partial charge in [-0.15, -0.1) is 0 Å². The zero-order valence-corrected chi connectivity index (χ0v) is 14.6. The number of nitrogens with one attached hydrogen (secondary N) is 2. The summed E-state index contributed by atoms with van der Waals surface area (Å²) in [5.41, 5.74) is 5.84. The number of aryl methyl sites for hydroxylation is 1. The van der Waals surface area contributed by atoms with E-state index in [-0.39, 0.29) is 12.6 Å². The molecule has 3 N–H and O–H groups in total. The van der Waals surface area contributed by atoms with Crippen LogP contribution < -0.4 is 5.32 Å². The molecule has 2 aromatic carbocycles. The van der Waals surface area contributed by atoms with Gasteiger partial charge in [-0.05, 0) is 31.4 Å². The summed E-state index contributed by atoms with van der Waals surface area (Å²) in [5.74, 6) is 0. The molecule has 1 unspecified atom stereocenters. The van der Waals surface area contributed by atoms with Gasteiger partial charge in [-0.25, -0.2) is 0 Å². The highest BCUT2D eigenvalue weighted by Gasteiger charge is 2.13. The molecule has 1 atom stereocenters. The number of aromatic amines is 1. The molecular weight excluding hydrogens is 310 g/mol. The summed E-state index contributed by atoms with van der Waals surface area (Å²) >= 11 is 0. The Balaban J connectivity index is 1.74. The van der Waals surface area contributed by atoms with Crippen molar-refractivity contribution in [2.45, 2.75) is 32.4 Å². The van der Waals surface area contributed by atoms with Crippen LogP contribution in [0.4, 0.5) is 0 Å². The number of rotatable bonds is 8. The second-order valence-corrected chi connectivity index (χ2v) is 6.35. The van der Waals surface area contributed by atoms with Crippen molar-refractivity contribution in [3.8, 4) is 11.3 Å². The summed E-state index contributed by atoms with van der Waals surface area (Å²) in [6.07, 6.45) is 3.57. The van der Waals surface area contributed by atoms with Crippen molar-refractivity contribution in [3.05, 3.63) is 77.5 Å². The lowest BCUT2D eigenvalue weighted by Gasteiger charge is -2.19. The van der Waals surface area contributed by atoms with Gasteiger partial charge < -0.3 is 10.4 Å². The topological polar surface area (TPSA) is 60.9 Å². The molecule has 1 heterocycles. The summed E-state index contributed by atoms with van der Waals surface area (Å²) < 4.78 is 0. The van der Waals surface area contributed by atoms with Gasteiger partial charge in [0.05, 0.1) is 11.9 Å². The molecule has 4 heteroatoms. The van der Waals surface area contributed by atoms with Gasteiger partial charge in [0.1, 0.15) is 0 Å². The maximum Gasteiger partial charge on any atom is 0.0695 e. The van der Waals surface area contributed by atoms with Gasteiger partial charge in [-0.2, -0.15) is 5.10 Å². The molecule has 0 aliphatic carbocycles. The Kier molecular flexibility index (Phi) is 5.99. The monoisotopic (exact) mass is 335 g/mol. The highest BCUT2D eigenvalue weighted by Crippen LogP contribution is 2.24. The van der Waals surface area contributed by atoms with Crippen LogP contribution in [0.2, 0.25) is 0 Å². The largest absolute Gasteiger partial charge is 0.396 e. The van der Waals surface area contributed by atoms with Crippen LogP contribution in [0.15, 0.2) is 60.8 Å². The van der Waals surface area contributed by atoms with Crippen LogP contribution in [-0.4, -0.2) is 21.9 Å². The van der Waals surface area contributed by atoms with E-state index in [4.69, 9.17) is 0 Å². The number of aliphatic hydroxyl groups is 1. The predicted molar refractivity (Wildman–Crippen MR) is 101 cm³/mol. The van der Waals surface area contributed by atoms with Crippen LogP contribution in [0.25, 0.3) is 11.3 Å². The van der Waals surface area contributed by atoms with Crippen LogP contribution in [0.5, 0.6) is 0 Å². The van der Waals surface area contributed by atoms with Crippen LogP contribution >= 0.6 is 0 Å². The lowest BCUT2D eigenvalue weighted by molar-refractivity contribution is 0.275. The number of hydrogen-bond donors (Lipinski definition) is 3. The van der Waals surface area contributed by atoms with Crippen molar-refractivity contribution in [3.63, 3.8) is 0 Å². The van der Waals surface area contributed by atoms with Crippen LogP contribution in [0.1, 0.15) is 35.6 Å². The van der Waals surface area contributed by atoms with E-state index >= 15 is 0 Å². The number of H-pyrrole nitrogens is 1. The van der Waals surface area contributed by atoms with Crippen molar-refractivity contribution < 1.29 is 5.11 Å². The Morgan fingerprint density at radius 3 is 2.72 bits per heavy atom. The number of aliphatic hydroxyl groups excluding tert-OH is 1. The smallest absolute Gasteiger partial charge is 0.0695 e. The van der Waals surface area contributed by atoms with Crippen molar-refractivity contribution >= 4 is 0 Å². The normalized spacial score (nSPS) is 12.2. The van der Waals surface area contributed by atoms with Gasteiger partial charge in [0, 0.05) is 30.3 Å². The second-order valence-electron chi connectivity index (χ2n) is 6.35. The first-order valence-corrected chi connectivity index (χ1v) is 8.76. The fraction of sp³-hybridized carbons (Fsp3) is 0.286. The minimum Gasteiger partial charge on any atom is -0.396 e. The highest BCUT2D eigenvalue weighted by atomic mass is 16.2. The van der Waals surface area contributed by atoms with Gasteiger partial charge in [0.2, 0.25) is 0 Å². The Morgan fingerprint density at radius 2 is 1.96 bits per heavy atom. The van der Waals surface area contributed by atoms with E-state index in [1.807, 2.05) is 12.3 Å². The summed E-state index contributed by atoms with van der Waals surface area (Å²) in [6, 6.07) is 19.0. The molecule has 0 saturated carbocycles. The third-order valence-corrected chi connectivity index (χ3v) is 4.42. The maximum absolute atomic E-state index is 9.19. The first-order valence-electron chi connectivity index (χ1n) is 8.76. The Bertz CT molecular complexity index is 783. The van der Waals surface area contributed by atoms with Crippen LogP contribution in [0.3, 0.4) is 0 Å². The summed E-state index contributed by atoms with van der Waals surface area (Å²) in [4.78, 5) is 0. The van der Waals surface area contributed by atoms with Gasteiger partial charge in [-0.1, -0.05) is 54.1 Å². The molecule has 0 saturated heterocycles. The van der Waals surface area contributed by atoms with E-state index in [0.717, 1.165) is 36.2 Å². The Hall–Kier alpha value is -2.43. The second kappa shape index (κ2) is 8.60. The number of aromatic nitrogens is 2. The van der Waals surface area contributed by atoms with E-state index < -0.39 is 0 Å². The fourth-order valence-electron chi connectivity index (χ4n) is 3.10. The number of hydrogen-bond acceptors (Lipinski definition) is 3. The van der Waals surface area contributed by atoms with E-state index in [1.165, 1.54) is 11.1 Å². The fourth-order valence-corrected chi connectivity index (χ4v) is 3.10. The summed E-state index contributed by atoms with van der Waals surface area (Å²) in [5, 5.41) is 20.2. The molecule has 0 bridgehead atoms. The van der Waals surface area contributed by atoms with E-state index in [0.29, 0.717) is 0 Å². The maximum atomic E-state index is 9.19. The zero-order chi connectivity index (χ0) is 17.5. The van der Waals surface area contributed by atoms with E-state index in [1.54, 1.807) is 0 Å². The summed E-state index contributed by atoms with van der Waals surface area (Å²) in [6.45, 7) is 3.04.